The van der Waals surface area contributed by atoms with Crippen molar-refractivity contribution in [2.75, 3.05) is 0 Å². The van der Waals surface area contributed by atoms with Gasteiger partial charge >= 0.3 is 9.28 Å². The first kappa shape index (κ1) is 14.2. The molecule has 0 radical (unpaired) electrons. The minimum atomic E-state index is -1.77. The summed E-state index contributed by atoms with van der Waals surface area (Å²) < 4.78 is 12.5. The monoisotopic (exact) mass is 298 g/mol. The van der Waals surface area contributed by atoms with Gasteiger partial charge in [-0.2, -0.15) is 0 Å². The van der Waals surface area contributed by atoms with E-state index in [-0.39, 0.29) is 0 Å². The standard InChI is InChI=1S/C18H22O2Si/c1-4-10-16(11-5-1)19-21(18-14-8-3-9-15-18)20-17-12-6-2-7-13-17/h1-2,4-7,10-13,18,21H,3,8-9,14-15H2. The Bertz CT molecular complexity index is 482. The fraction of sp³-hybridized carbons (Fsp3) is 0.333. The summed E-state index contributed by atoms with van der Waals surface area (Å²) in [5.41, 5.74) is 0.610. The van der Waals surface area contributed by atoms with E-state index in [0.717, 1.165) is 11.5 Å². The lowest BCUT2D eigenvalue weighted by atomic mass is 10.0. The van der Waals surface area contributed by atoms with Crippen LogP contribution in [-0.2, 0) is 0 Å². The normalized spacial score (nSPS) is 15.9. The number of benzene rings is 2. The molecule has 0 aromatic heterocycles. The van der Waals surface area contributed by atoms with Crippen LogP contribution in [0, 0.1) is 0 Å². The van der Waals surface area contributed by atoms with E-state index in [9.17, 15) is 0 Å². The van der Waals surface area contributed by atoms with Crippen molar-refractivity contribution in [1.29, 1.82) is 0 Å². The number of rotatable bonds is 5. The van der Waals surface area contributed by atoms with E-state index in [4.69, 9.17) is 8.85 Å². The molecule has 1 aliphatic carbocycles. The first-order chi connectivity index (χ1) is 10.4. The molecule has 0 bridgehead atoms. The lowest BCUT2D eigenvalue weighted by Crippen LogP contribution is -2.36. The van der Waals surface area contributed by atoms with Crippen LogP contribution in [0.25, 0.3) is 0 Å². The quantitative estimate of drug-likeness (QED) is 0.745. The van der Waals surface area contributed by atoms with E-state index in [1.807, 2.05) is 60.7 Å². The van der Waals surface area contributed by atoms with Gasteiger partial charge in [-0.3, -0.25) is 0 Å². The predicted octanol–water partition coefficient (Wildman–Crippen LogP) is 4.70. The Hall–Kier alpha value is -1.74. The molecule has 0 saturated heterocycles. The van der Waals surface area contributed by atoms with Crippen molar-refractivity contribution in [3.8, 4) is 11.5 Å². The van der Waals surface area contributed by atoms with Crippen molar-refractivity contribution in [3.63, 3.8) is 0 Å². The second-order valence-electron chi connectivity index (χ2n) is 5.63. The van der Waals surface area contributed by atoms with Gasteiger partial charge in [-0.1, -0.05) is 55.7 Å². The zero-order valence-electron chi connectivity index (χ0n) is 12.3. The highest BCUT2D eigenvalue weighted by Crippen LogP contribution is 2.33. The number of hydrogen-bond donors (Lipinski definition) is 0. The maximum atomic E-state index is 6.27. The Kier molecular flexibility index (Phi) is 4.95. The second-order valence-corrected chi connectivity index (χ2v) is 7.78. The summed E-state index contributed by atoms with van der Waals surface area (Å²) in [5, 5.41) is 0. The highest BCUT2D eigenvalue weighted by Gasteiger charge is 2.31. The van der Waals surface area contributed by atoms with Gasteiger partial charge in [0.25, 0.3) is 0 Å². The van der Waals surface area contributed by atoms with Gasteiger partial charge in [-0.25, -0.2) is 0 Å². The molecular formula is C18H22O2Si. The van der Waals surface area contributed by atoms with Gasteiger partial charge in [0.15, 0.2) is 0 Å². The molecule has 3 rings (SSSR count). The molecule has 0 spiro atoms. The molecule has 3 heteroatoms. The molecule has 2 nitrogen and oxygen atoms in total. The summed E-state index contributed by atoms with van der Waals surface area (Å²) in [6.07, 6.45) is 6.47. The van der Waals surface area contributed by atoms with Gasteiger partial charge < -0.3 is 8.85 Å². The van der Waals surface area contributed by atoms with E-state index >= 15 is 0 Å². The zero-order chi connectivity index (χ0) is 14.3. The molecule has 0 amide bonds. The molecule has 0 N–H and O–H groups in total. The first-order valence-electron chi connectivity index (χ1n) is 7.85. The van der Waals surface area contributed by atoms with Crippen molar-refractivity contribution in [2.24, 2.45) is 0 Å². The minimum Gasteiger partial charge on any atom is -0.514 e. The largest absolute Gasteiger partial charge is 0.514 e. The molecule has 2 aromatic carbocycles. The van der Waals surface area contributed by atoms with Gasteiger partial charge in [0.1, 0.15) is 11.5 Å². The van der Waals surface area contributed by atoms with Crippen molar-refractivity contribution in [1.82, 2.24) is 0 Å². The summed E-state index contributed by atoms with van der Waals surface area (Å²) in [7, 11) is -1.77. The topological polar surface area (TPSA) is 18.5 Å². The molecule has 0 aliphatic heterocycles. The van der Waals surface area contributed by atoms with Crippen LogP contribution in [0.1, 0.15) is 32.1 Å². The number of para-hydroxylation sites is 2. The van der Waals surface area contributed by atoms with Crippen molar-refractivity contribution in [2.45, 2.75) is 37.6 Å². The highest BCUT2D eigenvalue weighted by atomic mass is 28.3. The Balaban J connectivity index is 1.73. The molecule has 2 aromatic rings. The summed E-state index contributed by atoms with van der Waals surface area (Å²) in [6, 6.07) is 20.2. The predicted molar refractivity (Wildman–Crippen MR) is 88.1 cm³/mol. The van der Waals surface area contributed by atoms with Crippen LogP contribution in [0.2, 0.25) is 5.54 Å². The van der Waals surface area contributed by atoms with E-state index in [2.05, 4.69) is 0 Å². The van der Waals surface area contributed by atoms with Crippen molar-refractivity contribution >= 4 is 9.28 Å². The smallest absolute Gasteiger partial charge is 0.447 e. The van der Waals surface area contributed by atoms with Crippen molar-refractivity contribution in [3.05, 3.63) is 60.7 Å². The van der Waals surface area contributed by atoms with Crippen molar-refractivity contribution < 1.29 is 8.85 Å². The molecule has 0 heterocycles. The SMILES string of the molecule is c1ccc(O[SiH](Oc2ccccc2)C2CCCCC2)cc1. The third-order valence-electron chi connectivity index (χ3n) is 4.03. The maximum absolute atomic E-state index is 6.27. The fourth-order valence-corrected chi connectivity index (χ4v) is 5.19. The molecule has 0 unspecified atom stereocenters. The maximum Gasteiger partial charge on any atom is 0.447 e. The van der Waals surface area contributed by atoms with Crippen LogP contribution in [0.3, 0.4) is 0 Å². The van der Waals surface area contributed by atoms with Crippen LogP contribution in [0.15, 0.2) is 60.7 Å². The summed E-state index contributed by atoms with van der Waals surface area (Å²) in [4.78, 5) is 0. The average molecular weight is 298 g/mol. The van der Waals surface area contributed by atoms with Gasteiger partial charge in [0.05, 0.1) is 0 Å². The lowest BCUT2D eigenvalue weighted by Gasteiger charge is -2.29. The molecule has 21 heavy (non-hydrogen) atoms. The van der Waals surface area contributed by atoms with Gasteiger partial charge in [-0.15, -0.1) is 0 Å². The lowest BCUT2D eigenvalue weighted by molar-refractivity contribution is 0.366. The Morgan fingerprint density at radius 1 is 0.667 bits per heavy atom. The number of hydrogen-bond acceptors (Lipinski definition) is 2. The third kappa shape index (κ3) is 4.11. The highest BCUT2D eigenvalue weighted by molar-refractivity contribution is 6.48. The Labute approximate surface area is 128 Å². The fourth-order valence-electron chi connectivity index (χ4n) is 2.89. The zero-order valence-corrected chi connectivity index (χ0v) is 13.4. The van der Waals surface area contributed by atoms with Gasteiger partial charge in [0, 0.05) is 5.54 Å². The summed E-state index contributed by atoms with van der Waals surface area (Å²) >= 11 is 0. The van der Waals surface area contributed by atoms with Crippen LogP contribution in [-0.4, -0.2) is 9.28 Å². The minimum absolute atomic E-state index is 0.610. The van der Waals surface area contributed by atoms with E-state index in [1.54, 1.807) is 0 Å². The van der Waals surface area contributed by atoms with Crippen LogP contribution in [0.4, 0.5) is 0 Å². The molecule has 0 atom stereocenters. The molecule has 110 valence electrons. The molecular weight excluding hydrogens is 276 g/mol. The molecule has 1 fully saturated rings. The summed E-state index contributed by atoms with van der Waals surface area (Å²) in [6.45, 7) is 0. The van der Waals surface area contributed by atoms with Gasteiger partial charge in [-0.05, 0) is 37.1 Å². The first-order valence-corrected chi connectivity index (χ1v) is 9.46. The van der Waals surface area contributed by atoms with E-state index < -0.39 is 9.28 Å². The summed E-state index contributed by atoms with van der Waals surface area (Å²) in [5.74, 6) is 1.88. The van der Waals surface area contributed by atoms with E-state index in [1.165, 1.54) is 32.1 Å². The molecule has 1 aliphatic rings. The Morgan fingerprint density at radius 2 is 1.14 bits per heavy atom. The average Bonchev–Trinajstić information content (AvgIpc) is 2.57. The molecule has 1 saturated carbocycles. The third-order valence-corrected chi connectivity index (χ3v) is 6.47. The van der Waals surface area contributed by atoms with Crippen LogP contribution < -0.4 is 8.85 Å². The second kappa shape index (κ2) is 7.32. The van der Waals surface area contributed by atoms with Crippen LogP contribution >= 0.6 is 0 Å². The van der Waals surface area contributed by atoms with E-state index in [0.29, 0.717) is 5.54 Å². The van der Waals surface area contributed by atoms with Gasteiger partial charge in [0.2, 0.25) is 0 Å². The Morgan fingerprint density at radius 3 is 1.62 bits per heavy atom. The van der Waals surface area contributed by atoms with Crippen LogP contribution in [0.5, 0.6) is 11.5 Å².